The van der Waals surface area contributed by atoms with Crippen molar-refractivity contribution in [2.45, 2.75) is 45.6 Å². The summed E-state index contributed by atoms with van der Waals surface area (Å²) in [6, 6.07) is 0.376. The van der Waals surface area contributed by atoms with Gasteiger partial charge in [0, 0.05) is 32.6 Å². The summed E-state index contributed by atoms with van der Waals surface area (Å²) in [7, 11) is 0. The molecule has 1 amide bonds. The van der Waals surface area contributed by atoms with Crippen LogP contribution >= 0.6 is 0 Å². The van der Waals surface area contributed by atoms with Crippen LogP contribution < -0.4 is 5.32 Å². The van der Waals surface area contributed by atoms with Crippen molar-refractivity contribution in [2.24, 2.45) is 11.8 Å². The molecule has 2 unspecified atom stereocenters. The first-order valence-electron chi connectivity index (χ1n) is 6.63. The van der Waals surface area contributed by atoms with Gasteiger partial charge in [-0.05, 0) is 31.1 Å². The molecule has 2 atom stereocenters. The van der Waals surface area contributed by atoms with E-state index in [2.05, 4.69) is 17.1 Å². The van der Waals surface area contributed by atoms with Gasteiger partial charge < -0.3 is 10.2 Å². The highest BCUT2D eigenvalue weighted by atomic mass is 16.1. The number of hydrogen-bond acceptors (Lipinski definition) is 2. The molecule has 0 aromatic rings. The second-order valence-corrected chi connectivity index (χ2v) is 5.75. The largest absolute Gasteiger partial charge is 0.352 e. The smallest absolute Gasteiger partial charge is 0.217 e. The molecule has 0 spiro atoms. The number of carbonyl (C=O) groups excluding carboxylic acids is 1. The number of amides is 1. The zero-order chi connectivity index (χ0) is 11.5. The van der Waals surface area contributed by atoms with Gasteiger partial charge in [-0.3, -0.25) is 4.79 Å². The van der Waals surface area contributed by atoms with Crippen LogP contribution in [0.1, 0.15) is 39.5 Å². The summed E-state index contributed by atoms with van der Waals surface area (Å²) in [6.45, 7) is 7.44. The normalized spacial score (nSPS) is 32.1. The number of likely N-dealkylation sites (tertiary alicyclic amines) is 1. The molecule has 2 rings (SSSR count). The second kappa shape index (κ2) is 5.17. The Morgan fingerprint density at radius 1 is 1.38 bits per heavy atom. The lowest BCUT2D eigenvalue weighted by Crippen LogP contribution is -2.51. The Kier molecular flexibility index (Phi) is 3.85. The molecule has 0 radical (unpaired) electrons. The quantitative estimate of drug-likeness (QED) is 0.790. The molecule has 2 aliphatic rings. The Hall–Kier alpha value is -0.570. The van der Waals surface area contributed by atoms with E-state index in [1.807, 2.05) is 0 Å². The van der Waals surface area contributed by atoms with Gasteiger partial charge in [-0.1, -0.05) is 13.3 Å². The maximum absolute atomic E-state index is 11.1. The molecule has 16 heavy (non-hydrogen) atoms. The number of rotatable bonds is 3. The molecular weight excluding hydrogens is 200 g/mol. The molecule has 92 valence electrons. The Bertz CT molecular complexity index is 250. The van der Waals surface area contributed by atoms with Gasteiger partial charge >= 0.3 is 0 Å². The van der Waals surface area contributed by atoms with Crippen LogP contribution in [0.25, 0.3) is 0 Å². The Labute approximate surface area is 98.6 Å². The number of carbonyl (C=O) groups is 1. The van der Waals surface area contributed by atoms with Crippen molar-refractivity contribution < 1.29 is 4.79 Å². The summed E-state index contributed by atoms with van der Waals surface area (Å²) in [5.74, 6) is 1.76. The zero-order valence-corrected chi connectivity index (χ0v) is 10.5. The van der Waals surface area contributed by atoms with Crippen LogP contribution in [-0.4, -0.2) is 36.5 Å². The molecule has 0 aromatic heterocycles. The zero-order valence-electron chi connectivity index (χ0n) is 10.5. The molecule has 1 heterocycles. The minimum Gasteiger partial charge on any atom is -0.352 e. The predicted octanol–water partition coefficient (Wildman–Crippen LogP) is 1.63. The van der Waals surface area contributed by atoms with Crippen molar-refractivity contribution in [1.29, 1.82) is 0 Å². The third-order valence-corrected chi connectivity index (χ3v) is 3.88. The average Bonchev–Trinajstić information content (AvgIpc) is 2.09. The summed E-state index contributed by atoms with van der Waals surface area (Å²) in [6.07, 6.45) is 5.38. The molecule has 1 aliphatic heterocycles. The molecule has 2 fully saturated rings. The number of nitrogens with one attached hydrogen (secondary N) is 1. The first kappa shape index (κ1) is 11.9. The molecule has 1 saturated heterocycles. The van der Waals surface area contributed by atoms with Crippen LogP contribution in [0.3, 0.4) is 0 Å². The molecule has 1 saturated carbocycles. The van der Waals surface area contributed by atoms with Crippen LogP contribution in [0, 0.1) is 11.8 Å². The highest BCUT2D eigenvalue weighted by Crippen LogP contribution is 2.28. The third kappa shape index (κ3) is 3.21. The van der Waals surface area contributed by atoms with Crippen molar-refractivity contribution in [1.82, 2.24) is 10.2 Å². The molecular formula is C13H24N2O. The van der Waals surface area contributed by atoms with E-state index < -0.39 is 0 Å². The maximum atomic E-state index is 11.1. The van der Waals surface area contributed by atoms with Crippen molar-refractivity contribution in [2.75, 3.05) is 19.6 Å². The molecule has 0 bridgehead atoms. The van der Waals surface area contributed by atoms with Crippen LogP contribution in [0.5, 0.6) is 0 Å². The SMILES string of the molecule is CC(=O)NC1CC(C)CN(CC2CCC2)C1. The van der Waals surface area contributed by atoms with Crippen molar-refractivity contribution in [3.8, 4) is 0 Å². The Morgan fingerprint density at radius 2 is 2.12 bits per heavy atom. The average molecular weight is 224 g/mol. The van der Waals surface area contributed by atoms with Gasteiger partial charge in [0.1, 0.15) is 0 Å². The standard InChI is InChI=1S/C13H24N2O/c1-10-6-13(14-11(2)16)9-15(7-10)8-12-4-3-5-12/h10,12-13H,3-9H2,1-2H3,(H,14,16). The number of hydrogen-bond donors (Lipinski definition) is 1. The first-order chi connectivity index (χ1) is 7.63. The molecule has 1 aliphatic carbocycles. The fourth-order valence-corrected chi connectivity index (χ4v) is 3.04. The molecule has 0 aromatic carbocycles. The van der Waals surface area contributed by atoms with E-state index in [4.69, 9.17) is 0 Å². The Balaban J connectivity index is 1.80. The van der Waals surface area contributed by atoms with Crippen molar-refractivity contribution in [3.63, 3.8) is 0 Å². The number of nitrogens with zero attached hydrogens (tertiary/aromatic N) is 1. The highest BCUT2D eigenvalue weighted by molar-refractivity contribution is 5.73. The second-order valence-electron chi connectivity index (χ2n) is 5.75. The lowest BCUT2D eigenvalue weighted by molar-refractivity contribution is -0.120. The number of piperidine rings is 1. The Morgan fingerprint density at radius 3 is 2.69 bits per heavy atom. The van der Waals surface area contributed by atoms with Gasteiger partial charge in [0.25, 0.3) is 0 Å². The van der Waals surface area contributed by atoms with Gasteiger partial charge in [0.05, 0.1) is 0 Å². The van der Waals surface area contributed by atoms with E-state index in [1.54, 1.807) is 6.92 Å². The highest BCUT2D eigenvalue weighted by Gasteiger charge is 2.28. The van der Waals surface area contributed by atoms with Gasteiger partial charge in [0.15, 0.2) is 0 Å². The van der Waals surface area contributed by atoms with Crippen molar-refractivity contribution >= 4 is 5.91 Å². The topological polar surface area (TPSA) is 32.3 Å². The van der Waals surface area contributed by atoms with Gasteiger partial charge in [-0.25, -0.2) is 0 Å². The predicted molar refractivity (Wildman–Crippen MR) is 65.2 cm³/mol. The fourth-order valence-electron chi connectivity index (χ4n) is 3.04. The maximum Gasteiger partial charge on any atom is 0.217 e. The van der Waals surface area contributed by atoms with Gasteiger partial charge in [-0.2, -0.15) is 0 Å². The van der Waals surface area contributed by atoms with Crippen LogP contribution in [-0.2, 0) is 4.79 Å². The minimum atomic E-state index is 0.114. The lowest BCUT2D eigenvalue weighted by atomic mass is 9.84. The van der Waals surface area contributed by atoms with Crippen LogP contribution in [0.2, 0.25) is 0 Å². The van der Waals surface area contributed by atoms with E-state index in [0.29, 0.717) is 12.0 Å². The van der Waals surface area contributed by atoms with Crippen LogP contribution in [0.4, 0.5) is 0 Å². The van der Waals surface area contributed by atoms with E-state index >= 15 is 0 Å². The summed E-state index contributed by atoms with van der Waals surface area (Å²) < 4.78 is 0. The van der Waals surface area contributed by atoms with Gasteiger partial charge in [-0.15, -0.1) is 0 Å². The van der Waals surface area contributed by atoms with E-state index in [0.717, 1.165) is 18.9 Å². The van der Waals surface area contributed by atoms with E-state index in [-0.39, 0.29) is 5.91 Å². The monoisotopic (exact) mass is 224 g/mol. The lowest BCUT2D eigenvalue weighted by Gasteiger charge is -2.40. The summed E-state index contributed by atoms with van der Waals surface area (Å²) in [5.41, 5.74) is 0. The summed E-state index contributed by atoms with van der Waals surface area (Å²) >= 11 is 0. The fraction of sp³-hybridized carbons (Fsp3) is 0.923. The summed E-state index contributed by atoms with van der Waals surface area (Å²) in [5, 5.41) is 3.07. The first-order valence-corrected chi connectivity index (χ1v) is 6.63. The third-order valence-electron chi connectivity index (χ3n) is 3.88. The molecule has 3 nitrogen and oxygen atoms in total. The van der Waals surface area contributed by atoms with E-state index in [1.165, 1.54) is 32.4 Å². The van der Waals surface area contributed by atoms with Gasteiger partial charge in [0.2, 0.25) is 5.91 Å². The molecule has 3 heteroatoms. The minimum absolute atomic E-state index is 0.114. The van der Waals surface area contributed by atoms with E-state index in [9.17, 15) is 4.79 Å². The van der Waals surface area contributed by atoms with Crippen LogP contribution in [0.15, 0.2) is 0 Å². The molecule has 1 N–H and O–H groups in total. The van der Waals surface area contributed by atoms with Crippen molar-refractivity contribution in [3.05, 3.63) is 0 Å². The summed E-state index contributed by atoms with van der Waals surface area (Å²) in [4.78, 5) is 13.6.